The lowest BCUT2D eigenvalue weighted by atomic mass is 9.75. The molecule has 0 aliphatic carbocycles. The summed E-state index contributed by atoms with van der Waals surface area (Å²) in [5.41, 5.74) is 1.84. The van der Waals surface area contributed by atoms with Crippen molar-refractivity contribution in [1.29, 1.82) is 0 Å². The van der Waals surface area contributed by atoms with Crippen molar-refractivity contribution in [3.8, 4) is 5.75 Å². The molecule has 3 atom stereocenters. The molecule has 0 saturated carbocycles. The summed E-state index contributed by atoms with van der Waals surface area (Å²) in [4.78, 5) is 43.9. The van der Waals surface area contributed by atoms with Crippen molar-refractivity contribution < 1.29 is 29.4 Å². The number of carboxylic acid groups (broad SMARTS) is 1. The van der Waals surface area contributed by atoms with Gasteiger partial charge in [0.1, 0.15) is 17.4 Å². The molecule has 36 heavy (non-hydrogen) atoms. The van der Waals surface area contributed by atoms with E-state index in [0.29, 0.717) is 31.9 Å². The Morgan fingerprint density at radius 3 is 2.25 bits per heavy atom. The second-order valence-electron chi connectivity index (χ2n) is 9.43. The highest BCUT2D eigenvalue weighted by Gasteiger charge is 2.57. The van der Waals surface area contributed by atoms with Crippen LogP contribution < -0.4 is 15.1 Å². The van der Waals surface area contributed by atoms with Crippen LogP contribution in [-0.2, 0) is 9.59 Å². The maximum absolute atomic E-state index is 13.9. The van der Waals surface area contributed by atoms with E-state index in [2.05, 4.69) is 4.90 Å². The van der Waals surface area contributed by atoms with Crippen LogP contribution in [0.1, 0.15) is 18.9 Å². The molecular formula is C26H32N4O6. The van der Waals surface area contributed by atoms with Gasteiger partial charge in [0, 0.05) is 38.3 Å². The molecule has 192 valence electrons. The number of amides is 3. The Hall–Kier alpha value is -3.79. The molecular weight excluding hydrogens is 464 g/mol. The summed E-state index contributed by atoms with van der Waals surface area (Å²) in [7, 11) is 0. The predicted molar refractivity (Wildman–Crippen MR) is 132 cm³/mol. The Morgan fingerprint density at radius 1 is 1.00 bits per heavy atom. The quantitative estimate of drug-likeness (QED) is 0.429. The van der Waals surface area contributed by atoms with E-state index in [1.807, 2.05) is 49.4 Å². The number of piperazine rings is 1. The maximum atomic E-state index is 13.9. The number of hydrogen-bond acceptors (Lipinski definition) is 6. The molecule has 0 aromatic heterocycles. The van der Waals surface area contributed by atoms with E-state index in [9.17, 15) is 24.7 Å². The molecule has 2 aliphatic heterocycles. The summed E-state index contributed by atoms with van der Waals surface area (Å²) in [5, 5.41) is 19.6. The van der Waals surface area contributed by atoms with Gasteiger partial charge in [-0.1, -0.05) is 36.4 Å². The van der Waals surface area contributed by atoms with Crippen molar-refractivity contribution in [2.24, 2.45) is 5.92 Å². The largest absolute Gasteiger partial charge is 0.488 e. The third-order valence-electron chi connectivity index (χ3n) is 7.29. The number of carbonyl (C=O) groups is 3. The maximum Gasteiger partial charge on any atom is 0.408 e. The molecule has 0 spiro atoms. The number of hydroxylamine groups is 1. The molecule has 2 saturated heterocycles. The van der Waals surface area contributed by atoms with Crippen molar-refractivity contribution in [1.82, 2.24) is 15.3 Å². The minimum atomic E-state index is -1.71. The summed E-state index contributed by atoms with van der Waals surface area (Å²) in [5.74, 6) is -1.86. The summed E-state index contributed by atoms with van der Waals surface area (Å²) in [6.07, 6.45) is -1.95. The zero-order valence-electron chi connectivity index (χ0n) is 20.5. The van der Waals surface area contributed by atoms with Crippen LogP contribution in [0.4, 0.5) is 10.5 Å². The topological polar surface area (TPSA) is 123 Å². The highest BCUT2D eigenvalue weighted by molar-refractivity contribution is 5.96. The molecule has 2 aromatic rings. The average Bonchev–Trinajstić information content (AvgIpc) is 2.90. The van der Waals surface area contributed by atoms with Crippen LogP contribution in [0.5, 0.6) is 5.75 Å². The van der Waals surface area contributed by atoms with Gasteiger partial charge in [0.2, 0.25) is 11.8 Å². The lowest BCUT2D eigenvalue weighted by Gasteiger charge is -2.51. The van der Waals surface area contributed by atoms with Crippen LogP contribution in [0.3, 0.4) is 0 Å². The molecule has 2 aromatic carbocycles. The second kappa shape index (κ2) is 10.4. The second-order valence-corrected chi connectivity index (χ2v) is 9.43. The van der Waals surface area contributed by atoms with E-state index in [-0.39, 0.29) is 13.0 Å². The summed E-state index contributed by atoms with van der Waals surface area (Å²) in [6, 6.07) is 17.2. The first-order valence-electron chi connectivity index (χ1n) is 12.0. The Labute approximate surface area is 210 Å². The number of anilines is 1. The van der Waals surface area contributed by atoms with Gasteiger partial charge in [-0.25, -0.2) is 10.3 Å². The molecule has 3 amide bonds. The smallest absolute Gasteiger partial charge is 0.408 e. The highest BCUT2D eigenvalue weighted by Crippen LogP contribution is 2.38. The van der Waals surface area contributed by atoms with Gasteiger partial charge in [0.25, 0.3) is 0 Å². The SMILES string of the molecule is Cc1ccccc1O[C@H]1C[C@H](C(=O)NO)[C@@](C)(C(=O)N2CCN(c3ccccc3)CC2)N(C(=O)O)C1. The highest BCUT2D eigenvalue weighted by atomic mass is 16.5. The average molecular weight is 497 g/mol. The fourth-order valence-corrected chi connectivity index (χ4v) is 5.21. The monoisotopic (exact) mass is 496 g/mol. The molecule has 10 nitrogen and oxygen atoms in total. The normalized spacial score (nSPS) is 24.2. The van der Waals surface area contributed by atoms with Crippen molar-refractivity contribution in [2.45, 2.75) is 31.9 Å². The molecule has 4 rings (SSSR count). The van der Waals surface area contributed by atoms with Gasteiger partial charge in [-0.2, -0.15) is 0 Å². The van der Waals surface area contributed by atoms with E-state index < -0.39 is 35.5 Å². The first-order chi connectivity index (χ1) is 17.3. The molecule has 0 bridgehead atoms. The Bertz CT molecular complexity index is 1100. The van der Waals surface area contributed by atoms with Gasteiger partial charge in [0.05, 0.1) is 12.5 Å². The molecule has 0 radical (unpaired) electrons. The number of benzene rings is 2. The molecule has 10 heteroatoms. The van der Waals surface area contributed by atoms with Gasteiger partial charge in [-0.05, 0) is 37.6 Å². The zero-order valence-corrected chi connectivity index (χ0v) is 20.5. The van der Waals surface area contributed by atoms with Crippen molar-refractivity contribution in [2.75, 3.05) is 37.6 Å². The summed E-state index contributed by atoms with van der Waals surface area (Å²) >= 11 is 0. The lowest BCUT2D eigenvalue weighted by molar-refractivity contribution is -0.161. The first kappa shape index (κ1) is 25.3. The number of para-hydroxylation sites is 2. The molecule has 3 N–H and O–H groups in total. The number of carbonyl (C=O) groups excluding carboxylic acids is 2. The fourth-order valence-electron chi connectivity index (χ4n) is 5.21. The van der Waals surface area contributed by atoms with E-state index in [4.69, 9.17) is 4.74 Å². The van der Waals surface area contributed by atoms with E-state index in [1.165, 1.54) is 6.92 Å². The van der Waals surface area contributed by atoms with Gasteiger partial charge in [0.15, 0.2) is 0 Å². The number of nitrogens with zero attached hydrogens (tertiary/aromatic N) is 3. The van der Waals surface area contributed by atoms with Crippen LogP contribution in [0, 0.1) is 12.8 Å². The minimum Gasteiger partial charge on any atom is -0.488 e. The number of ether oxygens (including phenoxy) is 1. The summed E-state index contributed by atoms with van der Waals surface area (Å²) < 4.78 is 6.07. The molecule has 2 aliphatic rings. The van der Waals surface area contributed by atoms with Gasteiger partial charge in [-0.3, -0.25) is 19.7 Å². The van der Waals surface area contributed by atoms with Gasteiger partial charge in [-0.15, -0.1) is 0 Å². The fraction of sp³-hybridized carbons (Fsp3) is 0.423. The number of piperidine rings is 1. The lowest BCUT2D eigenvalue weighted by Crippen LogP contribution is -2.71. The molecule has 2 fully saturated rings. The Balaban J connectivity index is 1.57. The number of nitrogens with one attached hydrogen (secondary N) is 1. The first-order valence-corrected chi connectivity index (χ1v) is 12.0. The summed E-state index contributed by atoms with van der Waals surface area (Å²) in [6.45, 7) is 5.17. The Kier molecular flexibility index (Phi) is 7.35. The van der Waals surface area contributed by atoms with Crippen molar-refractivity contribution >= 4 is 23.6 Å². The van der Waals surface area contributed by atoms with Gasteiger partial charge < -0.3 is 19.6 Å². The Morgan fingerprint density at radius 2 is 1.64 bits per heavy atom. The van der Waals surface area contributed by atoms with Crippen molar-refractivity contribution in [3.63, 3.8) is 0 Å². The molecule has 0 unspecified atom stereocenters. The standard InChI is InChI=1S/C26H32N4O6/c1-18-8-6-7-11-22(18)36-20-16-21(23(31)27-35)26(2,30(17-20)25(33)34)24(32)29-14-12-28(13-15-29)19-9-4-3-5-10-19/h3-11,20-21,35H,12-17H2,1-2H3,(H,27,31)(H,33,34)/t20-,21+,26-/m0/s1. The molecule has 2 heterocycles. The number of aryl methyl sites for hydroxylation is 1. The zero-order chi connectivity index (χ0) is 25.9. The van der Waals surface area contributed by atoms with E-state index in [0.717, 1.165) is 16.2 Å². The van der Waals surface area contributed by atoms with E-state index >= 15 is 0 Å². The van der Waals surface area contributed by atoms with Crippen LogP contribution >= 0.6 is 0 Å². The number of rotatable bonds is 5. The van der Waals surface area contributed by atoms with Crippen LogP contribution in [-0.4, -0.2) is 82.4 Å². The number of likely N-dealkylation sites (tertiary alicyclic amines) is 1. The third kappa shape index (κ3) is 4.81. The van der Waals surface area contributed by atoms with Crippen LogP contribution in [0.2, 0.25) is 0 Å². The van der Waals surface area contributed by atoms with Crippen molar-refractivity contribution in [3.05, 3.63) is 60.2 Å². The van der Waals surface area contributed by atoms with Crippen LogP contribution in [0.25, 0.3) is 0 Å². The van der Waals surface area contributed by atoms with Crippen LogP contribution in [0.15, 0.2) is 54.6 Å². The minimum absolute atomic E-state index is 0.0662. The van der Waals surface area contributed by atoms with Gasteiger partial charge >= 0.3 is 6.09 Å². The number of hydrogen-bond donors (Lipinski definition) is 3. The predicted octanol–water partition coefficient (Wildman–Crippen LogP) is 2.36. The van der Waals surface area contributed by atoms with E-state index in [1.54, 1.807) is 22.5 Å². The third-order valence-corrected chi connectivity index (χ3v) is 7.29.